The lowest BCUT2D eigenvalue weighted by atomic mass is 10.1. The molecular formula is C26H22BrN5O4. The molecule has 0 spiro atoms. The fourth-order valence-corrected chi connectivity index (χ4v) is 4.81. The Labute approximate surface area is 213 Å². The van der Waals surface area contributed by atoms with Crippen LogP contribution >= 0.6 is 15.9 Å². The van der Waals surface area contributed by atoms with Crippen molar-refractivity contribution >= 4 is 32.9 Å². The summed E-state index contributed by atoms with van der Waals surface area (Å²) in [5.74, 6) is -0.0781. The van der Waals surface area contributed by atoms with Crippen LogP contribution in [-0.2, 0) is 16.0 Å². The van der Waals surface area contributed by atoms with Crippen molar-refractivity contribution in [2.45, 2.75) is 25.7 Å². The number of aromatic amines is 2. The summed E-state index contributed by atoms with van der Waals surface area (Å²) in [6.45, 7) is 2.21. The van der Waals surface area contributed by atoms with Gasteiger partial charge in [0.2, 0.25) is 0 Å². The number of hydrogen-bond donors (Lipinski definition) is 2. The summed E-state index contributed by atoms with van der Waals surface area (Å²) in [7, 11) is 0. The third-order valence-electron chi connectivity index (χ3n) is 6.36. The van der Waals surface area contributed by atoms with E-state index in [0.717, 1.165) is 37.9 Å². The van der Waals surface area contributed by atoms with E-state index in [4.69, 9.17) is 14.3 Å². The molecule has 5 aromatic rings. The number of nitrogens with zero attached hydrogens (tertiary/aromatic N) is 3. The van der Waals surface area contributed by atoms with E-state index in [0.29, 0.717) is 18.7 Å². The van der Waals surface area contributed by atoms with Crippen molar-refractivity contribution in [3.8, 4) is 16.9 Å². The van der Waals surface area contributed by atoms with Crippen LogP contribution in [0.1, 0.15) is 24.3 Å². The molecule has 2 atom stereocenters. The SMILES string of the molecule is C[C@H]1O[C@@H](c2cn(-c3ccc(Br)cc3)nc2-c2ccoc2)N(CCc2ccc3[nH]c(=O)[nH]c3c2)C1=O. The topological polar surface area (TPSA) is 109 Å². The summed E-state index contributed by atoms with van der Waals surface area (Å²) in [4.78, 5) is 32.0. The zero-order chi connectivity index (χ0) is 24.8. The smallest absolute Gasteiger partial charge is 0.323 e. The van der Waals surface area contributed by atoms with Crippen LogP contribution in [0.15, 0.2) is 80.9 Å². The monoisotopic (exact) mass is 547 g/mol. The molecule has 182 valence electrons. The van der Waals surface area contributed by atoms with Gasteiger partial charge in [-0.2, -0.15) is 5.10 Å². The van der Waals surface area contributed by atoms with Crippen LogP contribution < -0.4 is 5.69 Å². The molecule has 4 heterocycles. The number of carbonyl (C=O) groups is 1. The Morgan fingerprint density at radius 1 is 1.06 bits per heavy atom. The molecular weight excluding hydrogens is 526 g/mol. The number of amides is 1. The Morgan fingerprint density at radius 2 is 1.86 bits per heavy atom. The van der Waals surface area contributed by atoms with Crippen LogP contribution in [0.2, 0.25) is 0 Å². The first kappa shape index (κ1) is 22.6. The van der Waals surface area contributed by atoms with E-state index in [1.807, 2.05) is 54.7 Å². The third kappa shape index (κ3) is 4.08. The molecule has 10 heteroatoms. The molecule has 3 aromatic heterocycles. The number of benzene rings is 2. The van der Waals surface area contributed by atoms with Gasteiger partial charge in [0.15, 0.2) is 6.23 Å². The highest BCUT2D eigenvalue weighted by Crippen LogP contribution is 2.37. The van der Waals surface area contributed by atoms with E-state index in [1.165, 1.54) is 0 Å². The van der Waals surface area contributed by atoms with Crippen LogP contribution in [0.25, 0.3) is 28.0 Å². The first-order valence-electron chi connectivity index (χ1n) is 11.5. The lowest BCUT2D eigenvalue weighted by molar-refractivity contribution is -0.130. The van der Waals surface area contributed by atoms with Gasteiger partial charge in [0.05, 0.1) is 29.2 Å². The fourth-order valence-electron chi connectivity index (χ4n) is 4.55. The van der Waals surface area contributed by atoms with E-state index in [1.54, 1.807) is 29.0 Å². The number of halogens is 1. The molecule has 1 aliphatic heterocycles. The van der Waals surface area contributed by atoms with Crippen LogP contribution in [0.4, 0.5) is 0 Å². The van der Waals surface area contributed by atoms with Crippen LogP contribution in [0.3, 0.4) is 0 Å². The van der Waals surface area contributed by atoms with E-state index in [9.17, 15) is 9.59 Å². The van der Waals surface area contributed by atoms with Gasteiger partial charge in [0.25, 0.3) is 5.91 Å². The molecule has 0 radical (unpaired) electrons. The zero-order valence-electron chi connectivity index (χ0n) is 19.3. The summed E-state index contributed by atoms with van der Waals surface area (Å²) in [5, 5.41) is 4.82. The lowest BCUT2D eigenvalue weighted by Gasteiger charge is -2.23. The number of ether oxygens (including phenoxy) is 1. The zero-order valence-corrected chi connectivity index (χ0v) is 20.9. The Morgan fingerprint density at radius 3 is 2.64 bits per heavy atom. The minimum atomic E-state index is -0.600. The molecule has 0 saturated carbocycles. The molecule has 0 unspecified atom stereocenters. The number of nitrogens with one attached hydrogen (secondary N) is 2. The van der Waals surface area contributed by atoms with E-state index < -0.39 is 12.3 Å². The summed E-state index contributed by atoms with van der Waals surface area (Å²) in [6, 6.07) is 15.4. The Hall–Kier alpha value is -3.89. The maximum Gasteiger partial charge on any atom is 0.323 e. The number of carbonyl (C=O) groups excluding carboxylic acids is 1. The number of H-pyrrole nitrogens is 2. The molecule has 2 N–H and O–H groups in total. The maximum atomic E-state index is 13.1. The van der Waals surface area contributed by atoms with Crippen molar-refractivity contribution in [1.82, 2.24) is 24.6 Å². The molecule has 0 aliphatic carbocycles. The maximum absolute atomic E-state index is 13.1. The summed E-state index contributed by atoms with van der Waals surface area (Å²) in [5.41, 5.74) is 5.41. The second-order valence-electron chi connectivity index (χ2n) is 8.74. The van der Waals surface area contributed by atoms with Gasteiger partial charge in [-0.15, -0.1) is 0 Å². The quantitative estimate of drug-likeness (QED) is 0.324. The molecule has 1 saturated heterocycles. The van der Waals surface area contributed by atoms with Crippen LogP contribution in [0, 0.1) is 0 Å². The minimum Gasteiger partial charge on any atom is -0.472 e. The molecule has 1 fully saturated rings. The second kappa shape index (κ2) is 8.96. The highest BCUT2D eigenvalue weighted by molar-refractivity contribution is 9.10. The van der Waals surface area contributed by atoms with E-state index in [-0.39, 0.29) is 11.6 Å². The summed E-state index contributed by atoms with van der Waals surface area (Å²) in [6.07, 6.45) is 4.56. The summed E-state index contributed by atoms with van der Waals surface area (Å²) < 4.78 is 14.3. The van der Waals surface area contributed by atoms with Crippen molar-refractivity contribution in [2.75, 3.05) is 6.54 Å². The number of furan rings is 1. The molecule has 0 bridgehead atoms. The van der Waals surface area contributed by atoms with Crippen molar-refractivity contribution < 1.29 is 13.9 Å². The van der Waals surface area contributed by atoms with Crippen LogP contribution in [0.5, 0.6) is 0 Å². The highest BCUT2D eigenvalue weighted by Gasteiger charge is 2.40. The fraction of sp³-hybridized carbons (Fsp3) is 0.192. The average molecular weight is 548 g/mol. The van der Waals surface area contributed by atoms with Crippen molar-refractivity contribution in [1.29, 1.82) is 0 Å². The normalized spacial score (nSPS) is 17.9. The first-order valence-corrected chi connectivity index (χ1v) is 12.3. The predicted octanol–water partition coefficient (Wildman–Crippen LogP) is 4.55. The van der Waals surface area contributed by atoms with Gasteiger partial charge in [-0.3, -0.25) is 4.79 Å². The molecule has 36 heavy (non-hydrogen) atoms. The van der Waals surface area contributed by atoms with Crippen LogP contribution in [-0.4, -0.2) is 43.2 Å². The van der Waals surface area contributed by atoms with Gasteiger partial charge in [-0.05, 0) is 61.4 Å². The number of aromatic nitrogens is 4. The van der Waals surface area contributed by atoms with Crippen molar-refractivity contribution in [3.63, 3.8) is 0 Å². The predicted molar refractivity (Wildman–Crippen MR) is 137 cm³/mol. The molecule has 6 rings (SSSR count). The highest BCUT2D eigenvalue weighted by atomic mass is 79.9. The van der Waals surface area contributed by atoms with E-state index >= 15 is 0 Å². The Kier molecular flexibility index (Phi) is 5.62. The summed E-state index contributed by atoms with van der Waals surface area (Å²) >= 11 is 3.47. The third-order valence-corrected chi connectivity index (χ3v) is 6.89. The van der Waals surface area contributed by atoms with Crippen molar-refractivity contribution in [2.24, 2.45) is 0 Å². The lowest BCUT2D eigenvalue weighted by Crippen LogP contribution is -2.32. The van der Waals surface area contributed by atoms with Gasteiger partial charge in [0.1, 0.15) is 11.8 Å². The van der Waals surface area contributed by atoms with Crippen molar-refractivity contribution in [3.05, 3.63) is 93.3 Å². The van der Waals surface area contributed by atoms with Gasteiger partial charge in [-0.1, -0.05) is 22.0 Å². The minimum absolute atomic E-state index is 0.0781. The van der Waals surface area contributed by atoms with Gasteiger partial charge < -0.3 is 24.0 Å². The largest absolute Gasteiger partial charge is 0.472 e. The second-order valence-corrected chi connectivity index (χ2v) is 9.65. The number of fused-ring (bicyclic) bond motifs is 1. The molecule has 2 aromatic carbocycles. The molecule has 1 amide bonds. The number of rotatable bonds is 6. The molecule has 9 nitrogen and oxygen atoms in total. The number of hydrogen-bond acceptors (Lipinski definition) is 5. The van der Waals surface area contributed by atoms with Gasteiger partial charge >= 0.3 is 5.69 Å². The molecule has 1 aliphatic rings. The Balaban J connectivity index is 1.34. The Bertz CT molecular complexity index is 1600. The standard InChI is InChI=1S/C26H22BrN5O4/c1-15-24(33)31(10-8-16-2-7-21-22(12-16)29-26(34)28-21)25(36-15)20-13-32(19-5-3-18(27)4-6-19)30-23(20)17-9-11-35-14-17/h2-7,9,11-15,25H,8,10H2,1H3,(H2,28,29,34)/t15-,25+/m1/s1. The van der Waals surface area contributed by atoms with Gasteiger partial charge in [0, 0.05) is 28.3 Å². The first-order chi connectivity index (χ1) is 17.5. The van der Waals surface area contributed by atoms with E-state index in [2.05, 4.69) is 25.9 Å². The average Bonchev–Trinajstić information content (AvgIpc) is 3.65. The number of imidazole rings is 1. The van der Waals surface area contributed by atoms with Gasteiger partial charge in [-0.25, -0.2) is 9.48 Å².